The molecule has 2 aliphatic rings. The molecule has 6 heteroatoms. The molecular formula is C19H40IN5. The fourth-order valence-electron chi connectivity index (χ4n) is 3.85. The van der Waals surface area contributed by atoms with Crippen LogP contribution in [0.2, 0.25) is 0 Å². The van der Waals surface area contributed by atoms with Gasteiger partial charge in [-0.3, -0.25) is 9.89 Å². The van der Waals surface area contributed by atoms with E-state index in [1.54, 1.807) is 0 Å². The highest BCUT2D eigenvalue weighted by atomic mass is 127. The average molecular weight is 465 g/mol. The Bertz CT molecular complexity index is 374. The molecule has 0 amide bonds. The second-order valence-corrected chi connectivity index (χ2v) is 7.85. The van der Waals surface area contributed by atoms with Gasteiger partial charge >= 0.3 is 0 Å². The van der Waals surface area contributed by atoms with Gasteiger partial charge in [0, 0.05) is 44.8 Å². The molecule has 0 spiro atoms. The minimum atomic E-state index is 0. The van der Waals surface area contributed by atoms with Gasteiger partial charge < -0.3 is 15.5 Å². The van der Waals surface area contributed by atoms with Crippen molar-refractivity contribution in [2.45, 2.75) is 65.0 Å². The zero-order chi connectivity index (χ0) is 17.4. The van der Waals surface area contributed by atoms with Gasteiger partial charge in [-0.15, -0.1) is 24.0 Å². The SMILES string of the molecule is CCNC(=NCC(C(C)C)N1CCN(C)CC1)NC1CCCCC1.I. The van der Waals surface area contributed by atoms with Gasteiger partial charge in [0.05, 0.1) is 6.54 Å². The van der Waals surface area contributed by atoms with Crippen molar-refractivity contribution in [3.63, 3.8) is 0 Å². The van der Waals surface area contributed by atoms with E-state index in [1.165, 1.54) is 58.3 Å². The lowest BCUT2D eigenvalue weighted by Gasteiger charge is -2.39. The van der Waals surface area contributed by atoms with Crippen molar-refractivity contribution >= 4 is 29.9 Å². The van der Waals surface area contributed by atoms with Crippen LogP contribution < -0.4 is 10.6 Å². The molecule has 148 valence electrons. The van der Waals surface area contributed by atoms with E-state index in [0.717, 1.165) is 19.0 Å². The monoisotopic (exact) mass is 465 g/mol. The van der Waals surface area contributed by atoms with Gasteiger partial charge in [-0.2, -0.15) is 0 Å². The summed E-state index contributed by atoms with van der Waals surface area (Å²) in [7, 11) is 2.22. The van der Waals surface area contributed by atoms with Crippen LogP contribution in [0, 0.1) is 5.92 Å². The third-order valence-corrected chi connectivity index (χ3v) is 5.50. The summed E-state index contributed by atoms with van der Waals surface area (Å²) in [4.78, 5) is 10.0. The highest BCUT2D eigenvalue weighted by molar-refractivity contribution is 14.0. The van der Waals surface area contributed by atoms with Crippen LogP contribution in [0.15, 0.2) is 4.99 Å². The Morgan fingerprint density at radius 3 is 2.28 bits per heavy atom. The Labute approximate surface area is 172 Å². The lowest BCUT2D eigenvalue weighted by Crippen LogP contribution is -2.52. The molecule has 0 bridgehead atoms. The Hall–Kier alpha value is -0.0800. The summed E-state index contributed by atoms with van der Waals surface area (Å²) >= 11 is 0. The first kappa shape index (κ1) is 23.0. The predicted octanol–water partition coefficient (Wildman–Crippen LogP) is 2.76. The molecule has 0 aromatic rings. The van der Waals surface area contributed by atoms with Crippen molar-refractivity contribution in [1.29, 1.82) is 0 Å². The van der Waals surface area contributed by atoms with Crippen molar-refractivity contribution in [2.24, 2.45) is 10.9 Å². The van der Waals surface area contributed by atoms with E-state index in [0.29, 0.717) is 18.0 Å². The lowest BCUT2D eigenvalue weighted by molar-refractivity contribution is 0.0925. The van der Waals surface area contributed by atoms with Gasteiger partial charge in [0.2, 0.25) is 0 Å². The molecule has 1 heterocycles. The summed E-state index contributed by atoms with van der Waals surface area (Å²) in [6.45, 7) is 13.3. The van der Waals surface area contributed by atoms with E-state index in [-0.39, 0.29) is 24.0 Å². The van der Waals surface area contributed by atoms with Crippen molar-refractivity contribution in [2.75, 3.05) is 46.3 Å². The van der Waals surface area contributed by atoms with Crippen LogP contribution >= 0.6 is 24.0 Å². The number of nitrogens with one attached hydrogen (secondary N) is 2. The largest absolute Gasteiger partial charge is 0.357 e. The van der Waals surface area contributed by atoms with Gasteiger partial charge in [-0.1, -0.05) is 33.1 Å². The lowest BCUT2D eigenvalue weighted by atomic mass is 9.96. The van der Waals surface area contributed by atoms with Gasteiger partial charge in [0.25, 0.3) is 0 Å². The number of hydrogen-bond acceptors (Lipinski definition) is 3. The smallest absolute Gasteiger partial charge is 0.191 e. The van der Waals surface area contributed by atoms with E-state index in [9.17, 15) is 0 Å². The molecule has 1 unspecified atom stereocenters. The zero-order valence-electron chi connectivity index (χ0n) is 16.8. The number of nitrogens with zero attached hydrogens (tertiary/aromatic N) is 3. The number of aliphatic imine (C=N–C) groups is 1. The maximum absolute atomic E-state index is 4.96. The van der Waals surface area contributed by atoms with Crippen molar-refractivity contribution < 1.29 is 0 Å². The summed E-state index contributed by atoms with van der Waals surface area (Å²) in [5.74, 6) is 1.65. The molecule has 25 heavy (non-hydrogen) atoms. The molecule has 0 aromatic heterocycles. The summed E-state index contributed by atoms with van der Waals surface area (Å²) in [5, 5.41) is 7.12. The first-order valence-corrected chi connectivity index (χ1v) is 10.1. The fraction of sp³-hybridized carbons (Fsp3) is 0.947. The van der Waals surface area contributed by atoms with E-state index in [2.05, 4.69) is 48.3 Å². The molecule has 1 atom stereocenters. The Morgan fingerprint density at radius 1 is 1.08 bits per heavy atom. The first-order chi connectivity index (χ1) is 11.6. The maximum atomic E-state index is 4.96. The van der Waals surface area contributed by atoms with Gasteiger partial charge in [0.1, 0.15) is 0 Å². The summed E-state index contributed by atoms with van der Waals surface area (Å²) in [5.41, 5.74) is 0. The molecule has 1 aliphatic heterocycles. The zero-order valence-corrected chi connectivity index (χ0v) is 19.1. The van der Waals surface area contributed by atoms with E-state index in [1.807, 2.05) is 0 Å². The van der Waals surface area contributed by atoms with E-state index < -0.39 is 0 Å². The summed E-state index contributed by atoms with van der Waals surface area (Å²) in [6.07, 6.45) is 6.68. The Kier molecular flexibility index (Phi) is 11.3. The first-order valence-electron chi connectivity index (χ1n) is 10.1. The van der Waals surface area contributed by atoms with E-state index in [4.69, 9.17) is 4.99 Å². The molecule has 5 nitrogen and oxygen atoms in total. The van der Waals surface area contributed by atoms with Crippen LogP contribution in [0.25, 0.3) is 0 Å². The second kappa shape index (κ2) is 12.3. The Morgan fingerprint density at radius 2 is 1.72 bits per heavy atom. The van der Waals surface area contributed by atoms with Crippen LogP contribution in [0.3, 0.4) is 0 Å². The normalized spacial score (nSPS) is 22.5. The standard InChI is InChI=1S/C19H39N5.HI/c1-5-20-19(22-17-9-7-6-8-10-17)21-15-18(16(2)3)24-13-11-23(4)12-14-24;/h16-18H,5-15H2,1-4H3,(H2,20,21,22);1H. The minimum Gasteiger partial charge on any atom is -0.357 e. The van der Waals surface area contributed by atoms with Crippen LogP contribution in [-0.4, -0.2) is 74.2 Å². The minimum absolute atomic E-state index is 0. The van der Waals surface area contributed by atoms with Crippen molar-refractivity contribution in [3.8, 4) is 0 Å². The average Bonchev–Trinajstić information content (AvgIpc) is 2.57. The number of rotatable bonds is 6. The highest BCUT2D eigenvalue weighted by Crippen LogP contribution is 2.17. The summed E-state index contributed by atoms with van der Waals surface area (Å²) in [6, 6.07) is 1.15. The highest BCUT2D eigenvalue weighted by Gasteiger charge is 2.25. The van der Waals surface area contributed by atoms with Gasteiger partial charge in [-0.25, -0.2) is 0 Å². The van der Waals surface area contributed by atoms with Crippen LogP contribution in [0.1, 0.15) is 52.9 Å². The van der Waals surface area contributed by atoms with Crippen LogP contribution in [0.4, 0.5) is 0 Å². The maximum Gasteiger partial charge on any atom is 0.191 e. The third kappa shape index (κ3) is 7.99. The molecule has 2 fully saturated rings. The predicted molar refractivity (Wildman–Crippen MR) is 119 cm³/mol. The number of likely N-dealkylation sites (N-methyl/N-ethyl adjacent to an activating group) is 1. The number of halogens is 1. The molecule has 1 aliphatic carbocycles. The van der Waals surface area contributed by atoms with Crippen LogP contribution in [0.5, 0.6) is 0 Å². The molecule has 0 radical (unpaired) electrons. The van der Waals surface area contributed by atoms with E-state index >= 15 is 0 Å². The molecule has 2 N–H and O–H groups in total. The van der Waals surface area contributed by atoms with Gasteiger partial charge in [-0.05, 0) is 32.7 Å². The molecule has 0 aromatic carbocycles. The molecular weight excluding hydrogens is 425 g/mol. The Balaban J connectivity index is 0.00000312. The topological polar surface area (TPSA) is 42.9 Å². The van der Waals surface area contributed by atoms with Crippen molar-refractivity contribution in [1.82, 2.24) is 20.4 Å². The number of piperazine rings is 1. The number of guanidine groups is 1. The molecule has 1 saturated heterocycles. The summed E-state index contributed by atoms with van der Waals surface area (Å²) < 4.78 is 0. The molecule has 1 saturated carbocycles. The van der Waals surface area contributed by atoms with Crippen molar-refractivity contribution in [3.05, 3.63) is 0 Å². The third-order valence-electron chi connectivity index (χ3n) is 5.50. The fourth-order valence-corrected chi connectivity index (χ4v) is 3.85. The second-order valence-electron chi connectivity index (χ2n) is 7.85. The van der Waals surface area contributed by atoms with Crippen LogP contribution in [-0.2, 0) is 0 Å². The van der Waals surface area contributed by atoms with Gasteiger partial charge in [0.15, 0.2) is 5.96 Å². The molecule has 2 rings (SSSR count). The quantitative estimate of drug-likeness (QED) is 0.360. The number of hydrogen-bond donors (Lipinski definition) is 2.